The summed E-state index contributed by atoms with van der Waals surface area (Å²) in [6.07, 6.45) is 3.90. The Morgan fingerprint density at radius 3 is 1.61 bits per heavy atom. The normalized spacial score (nSPS) is 11.6. The van der Waals surface area contributed by atoms with E-state index in [0.717, 1.165) is 55.3 Å². The van der Waals surface area contributed by atoms with Crippen LogP contribution < -0.4 is 0 Å². The maximum Gasteiger partial charge on any atom is 0.143 e. The van der Waals surface area contributed by atoms with Gasteiger partial charge in [0.15, 0.2) is 0 Å². The van der Waals surface area contributed by atoms with Crippen molar-refractivity contribution >= 4 is 43.7 Å². The average molecular weight is 715 g/mol. The number of pyridine rings is 1. The second kappa shape index (κ2) is 13.1. The first-order valence-electron chi connectivity index (χ1n) is 19.0. The van der Waals surface area contributed by atoms with Crippen LogP contribution in [0, 0.1) is 0 Å². The number of furan rings is 1. The second-order valence-corrected chi connectivity index (χ2v) is 14.4. The van der Waals surface area contributed by atoms with E-state index in [0.29, 0.717) is 0 Å². The molecule has 3 heterocycles. The van der Waals surface area contributed by atoms with E-state index in [1.165, 1.54) is 49.7 Å². The van der Waals surface area contributed by atoms with Crippen LogP contribution in [0.5, 0.6) is 0 Å². The van der Waals surface area contributed by atoms with Crippen LogP contribution in [0.25, 0.3) is 105 Å². The molecule has 0 bridgehead atoms. The van der Waals surface area contributed by atoms with Gasteiger partial charge in [0, 0.05) is 38.9 Å². The Morgan fingerprint density at radius 1 is 0.339 bits per heavy atom. The molecule has 3 aromatic heterocycles. The molecule has 0 aliphatic carbocycles. The Labute approximate surface area is 324 Å². The van der Waals surface area contributed by atoms with Crippen molar-refractivity contribution in [2.24, 2.45) is 0 Å². The van der Waals surface area contributed by atoms with Crippen molar-refractivity contribution in [1.82, 2.24) is 9.55 Å². The fraction of sp³-hybridized carbons (Fsp3) is 0. The number of fused-ring (bicyclic) bond motifs is 6. The molecule has 0 radical (unpaired) electrons. The molecular weight excluding hydrogens is 681 g/mol. The molecule has 56 heavy (non-hydrogen) atoms. The van der Waals surface area contributed by atoms with E-state index >= 15 is 0 Å². The molecule has 0 fully saturated rings. The minimum atomic E-state index is 0.861. The predicted molar refractivity (Wildman–Crippen MR) is 233 cm³/mol. The molecule has 0 aliphatic heterocycles. The van der Waals surface area contributed by atoms with E-state index in [2.05, 4.69) is 199 Å². The lowest BCUT2D eigenvalue weighted by Crippen LogP contribution is -1.95. The van der Waals surface area contributed by atoms with Gasteiger partial charge in [-0.25, -0.2) is 0 Å². The number of hydrogen-bond donors (Lipinski definition) is 0. The summed E-state index contributed by atoms with van der Waals surface area (Å²) in [5, 5.41) is 4.61. The smallest absolute Gasteiger partial charge is 0.143 e. The van der Waals surface area contributed by atoms with Gasteiger partial charge >= 0.3 is 0 Å². The lowest BCUT2D eigenvalue weighted by molar-refractivity contribution is 0.670. The van der Waals surface area contributed by atoms with E-state index < -0.39 is 0 Å². The van der Waals surface area contributed by atoms with Crippen LogP contribution in [0.3, 0.4) is 0 Å². The molecule has 262 valence electrons. The topological polar surface area (TPSA) is 31.0 Å². The molecule has 0 spiro atoms. The summed E-state index contributed by atoms with van der Waals surface area (Å²) < 4.78 is 9.00. The summed E-state index contributed by atoms with van der Waals surface area (Å²) in [5.41, 5.74) is 16.6. The van der Waals surface area contributed by atoms with Crippen molar-refractivity contribution < 1.29 is 4.42 Å². The summed E-state index contributed by atoms with van der Waals surface area (Å²) in [6, 6.07) is 69.3. The quantitative estimate of drug-likeness (QED) is 0.172. The van der Waals surface area contributed by atoms with Gasteiger partial charge in [0.25, 0.3) is 0 Å². The van der Waals surface area contributed by atoms with Crippen LogP contribution in [-0.4, -0.2) is 9.55 Å². The maximum absolute atomic E-state index is 6.67. The first-order valence-corrected chi connectivity index (χ1v) is 19.0. The number of nitrogens with zero attached hydrogens (tertiary/aromatic N) is 2. The average Bonchev–Trinajstić information content (AvgIpc) is 3.82. The van der Waals surface area contributed by atoms with E-state index in [1.54, 1.807) is 0 Å². The highest BCUT2D eigenvalue weighted by atomic mass is 16.3. The first kappa shape index (κ1) is 32.0. The SMILES string of the molecule is c1ccc(-c2cccc(-c3cccc(-c4ccc5oc6c(-c7cncc(-n8c9ccccc9c9cc(-c%10ccccc%10)ccc98)c7)cccc6c5c4)c3)c2)cc1. The van der Waals surface area contributed by atoms with Crippen molar-refractivity contribution in [3.8, 4) is 61.3 Å². The summed E-state index contributed by atoms with van der Waals surface area (Å²) in [6.45, 7) is 0. The molecule has 0 saturated carbocycles. The highest BCUT2D eigenvalue weighted by molar-refractivity contribution is 6.12. The van der Waals surface area contributed by atoms with Gasteiger partial charge in [0.05, 0.1) is 22.9 Å². The van der Waals surface area contributed by atoms with E-state index in [4.69, 9.17) is 9.40 Å². The highest BCUT2D eigenvalue weighted by Crippen LogP contribution is 2.40. The van der Waals surface area contributed by atoms with E-state index in [-0.39, 0.29) is 0 Å². The van der Waals surface area contributed by atoms with Gasteiger partial charge in [-0.2, -0.15) is 0 Å². The van der Waals surface area contributed by atoms with Crippen molar-refractivity contribution in [2.45, 2.75) is 0 Å². The van der Waals surface area contributed by atoms with Gasteiger partial charge in [0.1, 0.15) is 11.2 Å². The third-order valence-electron chi connectivity index (χ3n) is 11.1. The van der Waals surface area contributed by atoms with Gasteiger partial charge in [0.2, 0.25) is 0 Å². The highest BCUT2D eigenvalue weighted by Gasteiger charge is 2.17. The Balaban J connectivity index is 0.981. The number of para-hydroxylation sites is 2. The number of benzene rings is 8. The molecule has 0 saturated heterocycles. The van der Waals surface area contributed by atoms with Crippen molar-refractivity contribution in [2.75, 3.05) is 0 Å². The van der Waals surface area contributed by atoms with Crippen LogP contribution in [0.15, 0.2) is 211 Å². The lowest BCUT2D eigenvalue weighted by atomic mass is 9.95. The van der Waals surface area contributed by atoms with Gasteiger partial charge in [-0.1, -0.05) is 146 Å². The zero-order valence-corrected chi connectivity index (χ0v) is 30.4. The van der Waals surface area contributed by atoms with Crippen LogP contribution in [0.1, 0.15) is 0 Å². The maximum atomic E-state index is 6.67. The molecule has 8 aromatic carbocycles. The van der Waals surface area contributed by atoms with Crippen LogP contribution in [0.2, 0.25) is 0 Å². The molecule has 3 heteroatoms. The molecule has 0 N–H and O–H groups in total. The zero-order chi connectivity index (χ0) is 37.0. The summed E-state index contributed by atoms with van der Waals surface area (Å²) in [5.74, 6) is 0. The van der Waals surface area contributed by atoms with Crippen molar-refractivity contribution in [1.29, 1.82) is 0 Å². The number of aromatic nitrogens is 2. The molecule has 3 nitrogen and oxygen atoms in total. The van der Waals surface area contributed by atoms with Crippen LogP contribution in [-0.2, 0) is 0 Å². The molecule has 11 aromatic rings. The fourth-order valence-corrected chi connectivity index (χ4v) is 8.35. The third kappa shape index (κ3) is 5.40. The van der Waals surface area contributed by atoms with Gasteiger partial charge in [-0.05, 0) is 93.0 Å². The number of hydrogen-bond acceptors (Lipinski definition) is 2. The molecule has 0 atom stereocenters. The van der Waals surface area contributed by atoms with Crippen LogP contribution >= 0.6 is 0 Å². The fourth-order valence-electron chi connectivity index (χ4n) is 8.35. The molecule has 0 unspecified atom stereocenters. The minimum Gasteiger partial charge on any atom is -0.455 e. The van der Waals surface area contributed by atoms with Crippen molar-refractivity contribution in [3.63, 3.8) is 0 Å². The third-order valence-corrected chi connectivity index (χ3v) is 11.1. The Morgan fingerprint density at radius 2 is 0.875 bits per heavy atom. The van der Waals surface area contributed by atoms with Crippen LogP contribution in [0.4, 0.5) is 0 Å². The summed E-state index contributed by atoms with van der Waals surface area (Å²) >= 11 is 0. The Kier molecular flexibility index (Phi) is 7.49. The first-order chi connectivity index (χ1) is 27.7. The standard InChI is InChI=1S/C53H34N2O/c1-3-12-35(13-4-1)37-16-9-17-38(28-37)39-18-10-19-40(29-39)42-25-27-52-49(32-42)47-22-11-21-45(53(47)56-52)43-30-44(34-54-33-43)55-50-23-8-7-20-46(50)48-31-41(24-26-51(48)55)36-14-5-2-6-15-36/h1-34H. The summed E-state index contributed by atoms with van der Waals surface area (Å²) in [7, 11) is 0. The van der Waals surface area contributed by atoms with Gasteiger partial charge in [-0.3, -0.25) is 4.98 Å². The second-order valence-electron chi connectivity index (χ2n) is 14.4. The van der Waals surface area contributed by atoms with Gasteiger partial charge < -0.3 is 8.98 Å². The monoisotopic (exact) mass is 714 g/mol. The zero-order valence-electron chi connectivity index (χ0n) is 30.4. The predicted octanol–water partition coefficient (Wildman–Crippen LogP) is 14.4. The van der Waals surface area contributed by atoms with Gasteiger partial charge in [-0.15, -0.1) is 0 Å². The molecule has 0 amide bonds. The van der Waals surface area contributed by atoms with E-state index in [9.17, 15) is 0 Å². The Bertz CT molecular complexity index is 3250. The lowest BCUT2D eigenvalue weighted by Gasteiger charge is -2.10. The molecular formula is C53H34N2O. The largest absolute Gasteiger partial charge is 0.455 e. The van der Waals surface area contributed by atoms with E-state index in [1.807, 2.05) is 12.4 Å². The summed E-state index contributed by atoms with van der Waals surface area (Å²) in [4.78, 5) is 4.80. The van der Waals surface area contributed by atoms with Crippen molar-refractivity contribution in [3.05, 3.63) is 207 Å². The molecule has 0 aliphatic rings. The Hall–Kier alpha value is -7.49. The molecule has 11 rings (SSSR count). The number of rotatable bonds is 6. The minimum absolute atomic E-state index is 0.861.